The second-order valence-electron chi connectivity index (χ2n) is 5.78. The van der Waals surface area contributed by atoms with E-state index >= 15 is 0 Å². The summed E-state index contributed by atoms with van der Waals surface area (Å²) in [4.78, 5) is 11.4. The standard InChI is InChI=1S/C16H26O2/c1-2-18-16(17)12-13-8-10-15(11-9-13)14-6-4-3-5-7-14/h8,14-15H,2-7,9-12H2,1H3/t15-/m1/s1. The van der Waals surface area contributed by atoms with Crippen LogP contribution < -0.4 is 0 Å². The number of carbonyl (C=O) groups excluding carboxylic acids is 1. The van der Waals surface area contributed by atoms with Crippen LogP contribution in [0.2, 0.25) is 0 Å². The van der Waals surface area contributed by atoms with Crippen LogP contribution in [0.15, 0.2) is 11.6 Å². The van der Waals surface area contributed by atoms with Crippen LogP contribution in [0, 0.1) is 11.8 Å². The highest BCUT2D eigenvalue weighted by Crippen LogP contribution is 2.38. The van der Waals surface area contributed by atoms with Crippen molar-refractivity contribution in [2.75, 3.05) is 6.61 Å². The zero-order valence-electron chi connectivity index (χ0n) is 11.6. The highest BCUT2D eigenvalue weighted by Gasteiger charge is 2.25. The smallest absolute Gasteiger partial charge is 0.309 e. The van der Waals surface area contributed by atoms with Gasteiger partial charge in [-0.25, -0.2) is 0 Å². The van der Waals surface area contributed by atoms with Crippen LogP contribution >= 0.6 is 0 Å². The lowest BCUT2D eigenvalue weighted by Crippen LogP contribution is -2.20. The molecule has 2 rings (SSSR count). The van der Waals surface area contributed by atoms with Crippen LogP contribution in [0.1, 0.15) is 64.7 Å². The summed E-state index contributed by atoms with van der Waals surface area (Å²) < 4.78 is 5.01. The minimum absolute atomic E-state index is 0.0557. The maximum Gasteiger partial charge on any atom is 0.309 e. The van der Waals surface area contributed by atoms with Crippen LogP contribution in [-0.2, 0) is 9.53 Å². The molecule has 0 radical (unpaired) electrons. The molecule has 2 nitrogen and oxygen atoms in total. The lowest BCUT2D eigenvalue weighted by atomic mass is 9.74. The topological polar surface area (TPSA) is 26.3 Å². The first-order valence-corrected chi connectivity index (χ1v) is 7.63. The first-order valence-electron chi connectivity index (χ1n) is 7.63. The van der Waals surface area contributed by atoms with Crippen LogP contribution in [0.25, 0.3) is 0 Å². The van der Waals surface area contributed by atoms with E-state index in [9.17, 15) is 4.79 Å². The number of carbonyl (C=O) groups is 1. The molecule has 0 N–H and O–H groups in total. The molecular formula is C16H26O2. The van der Waals surface area contributed by atoms with Gasteiger partial charge in [-0.1, -0.05) is 43.8 Å². The van der Waals surface area contributed by atoms with Gasteiger partial charge < -0.3 is 4.74 Å². The fourth-order valence-corrected chi connectivity index (χ4v) is 3.50. The van der Waals surface area contributed by atoms with Gasteiger partial charge in [0.2, 0.25) is 0 Å². The Balaban J connectivity index is 1.78. The molecule has 0 amide bonds. The Morgan fingerprint density at radius 3 is 2.61 bits per heavy atom. The van der Waals surface area contributed by atoms with Crippen molar-refractivity contribution < 1.29 is 9.53 Å². The van der Waals surface area contributed by atoms with E-state index in [1.54, 1.807) is 0 Å². The minimum Gasteiger partial charge on any atom is -0.466 e. The van der Waals surface area contributed by atoms with Crippen LogP contribution in [-0.4, -0.2) is 12.6 Å². The van der Waals surface area contributed by atoms with Crippen LogP contribution in [0.5, 0.6) is 0 Å². The number of allylic oxidation sites excluding steroid dienone is 1. The summed E-state index contributed by atoms with van der Waals surface area (Å²) in [6.45, 7) is 2.36. The molecule has 0 aromatic rings. The predicted octanol–water partition coefficient (Wildman–Crippen LogP) is 4.25. The van der Waals surface area contributed by atoms with E-state index in [1.165, 1.54) is 50.5 Å². The Morgan fingerprint density at radius 2 is 2.00 bits per heavy atom. The van der Waals surface area contributed by atoms with Crippen LogP contribution in [0.3, 0.4) is 0 Å². The molecule has 1 atom stereocenters. The lowest BCUT2D eigenvalue weighted by Gasteiger charge is -2.32. The maximum atomic E-state index is 11.4. The first kappa shape index (κ1) is 13.6. The van der Waals surface area contributed by atoms with E-state index < -0.39 is 0 Å². The van der Waals surface area contributed by atoms with Crippen molar-refractivity contribution in [3.8, 4) is 0 Å². The van der Waals surface area contributed by atoms with Crippen molar-refractivity contribution in [2.45, 2.75) is 64.7 Å². The Morgan fingerprint density at radius 1 is 1.22 bits per heavy atom. The Labute approximate surface area is 111 Å². The third kappa shape index (κ3) is 3.86. The van der Waals surface area contributed by atoms with E-state index in [2.05, 4.69) is 6.08 Å². The number of ether oxygens (including phenoxy) is 1. The molecule has 0 spiro atoms. The normalized spacial score (nSPS) is 25.6. The Hall–Kier alpha value is -0.790. The molecule has 18 heavy (non-hydrogen) atoms. The average Bonchev–Trinajstić information content (AvgIpc) is 2.41. The van der Waals surface area contributed by atoms with Gasteiger partial charge in [0, 0.05) is 0 Å². The molecule has 0 bridgehead atoms. The van der Waals surface area contributed by atoms with Gasteiger partial charge in [-0.2, -0.15) is 0 Å². The third-order valence-corrected chi connectivity index (χ3v) is 4.54. The summed E-state index contributed by atoms with van der Waals surface area (Å²) in [6.07, 6.45) is 13.6. The Kier molecular flexibility index (Phi) is 5.27. The molecule has 0 heterocycles. The van der Waals surface area contributed by atoms with Gasteiger partial charge >= 0.3 is 5.97 Å². The second-order valence-corrected chi connectivity index (χ2v) is 5.78. The van der Waals surface area contributed by atoms with Crippen LogP contribution in [0.4, 0.5) is 0 Å². The van der Waals surface area contributed by atoms with Crippen molar-refractivity contribution >= 4 is 5.97 Å². The molecular weight excluding hydrogens is 224 g/mol. The number of hydrogen-bond donors (Lipinski definition) is 0. The predicted molar refractivity (Wildman–Crippen MR) is 73.2 cm³/mol. The van der Waals surface area contributed by atoms with Gasteiger partial charge in [-0.05, 0) is 38.0 Å². The van der Waals surface area contributed by atoms with E-state index in [4.69, 9.17) is 4.74 Å². The fraction of sp³-hybridized carbons (Fsp3) is 0.812. The molecule has 0 saturated heterocycles. The van der Waals surface area contributed by atoms with Crippen molar-refractivity contribution in [1.29, 1.82) is 0 Å². The van der Waals surface area contributed by atoms with E-state index in [0.29, 0.717) is 13.0 Å². The Bertz CT molecular complexity index is 300. The number of hydrogen-bond acceptors (Lipinski definition) is 2. The molecule has 0 aliphatic heterocycles. The molecule has 0 unspecified atom stereocenters. The van der Waals surface area contributed by atoms with E-state index in [1.807, 2.05) is 6.92 Å². The van der Waals surface area contributed by atoms with Gasteiger partial charge in [-0.3, -0.25) is 4.79 Å². The summed E-state index contributed by atoms with van der Waals surface area (Å²) in [5, 5.41) is 0. The van der Waals surface area contributed by atoms with Crippen molar-refractivity contribution in [3.05, 3.63) is 11.6 Å². The summed E-state index contributed by atoms with van der Waals surface area (Å²) in [5.41, 5.74) is 1.31. The van der Waals surface area contributed by atoms with Gasteiger partial charge in [-0.15, -0.1) is 0 Å². The quantitative estimate of drug-likeness (QED) is 0.551. The SMILES string of the molecule is CCOC(=O)CC1=CC[C@@H](C2CCCCC2)CC1. The van der Waals surface area contributed by atoms with Gasteiger partial charge in [0.15, 0.2) is 0 Å². The molecule has 2 aliphatic rings. The lowest BCUT2D eigenvalue weighted by molar-refractivity contribution is -0.142. The largest absolute Gasteiger partial charge is 0.466 e. The zero-order valence-corrected chi connectivity index (χ0v) is 11.6. The fourth-order valence-electron chi connectivity index (χ4n) is 3.50. The summed E-state index contributed by atoms with van der Waals surface area (Å²) in [7, 11) is 0. The highest BCUT2D eigenvalue weighted by atomic mass is 16.5. The number of rotatable bonds is 4. The second kappa shape index (κ2) is 6.96. The molecule has 102 valence electrons. The van der Waals surface area contributed by atoms with E-state index in [0.717, 1.165) is 18.3 Å². The monoisotopic (exact) mass is 250 g/mol. The van der Waals surface area contributed by atoms with Gasteiger partial charge in [0.25, 0.3) is 0 Å². The molecule has 1 saturated carbocycles. The average molecular weight is 250 g/mol. The number of esters is 1. The zero-order chi connectivity index (χ0) is 12.8. The van der Waals surface area contributed by atoms with Gasteiger partial charge in [0.05, 0.1) is 13.0 Å². The highest BCUT2D eigenvalue weighted by molar-refractivity contribution is 5.72. The van der Waals surface area contributed by atoms with E-state index in [-0.39, 0.29) is 5.97 Å². The molecule has 2 heteroatoms. The van der Waals surface area contributed by atoms with Crippen molar-refractivity contribution in [2.24, 2.45) is 11.8 Å². The third-order valence-electron chi connectivity index (χ3n) is 4.54. The summed E-state index contributed by atoms with van der Waals surface area (Å²) in [6, 6.07) is 0. The molecule has 1 fully saturated rings. The molecule has 0 aromatic heterocycles. The van der Waals surface area contributed by atoms with Crippen molar-refractivity contribution in [3.63, 3.8) is 0 Å². The van der Waals surface area contributed by atoms with Crippen molar-refractivity contribution in [1.82, 2.24) is 0 Å². The molecule has 0 aromatic carbocycles. The first-order chi connectivity index (χ1) is 8.79. The summed E-state index contributed by atoms with van der Waals surface area (Å²) >= 11 is 0. The maximum absolute atomic E-state index is 11.4. The molecule has 2 aliphatic carbocycles. The minimum atomic E-state index is -0.0557. The summed E-state index contributed by atoms with van der Waals surface area (Å²) in [5.74, 6) is 1.79. The van der Waals surface area contributed by atoms with Gasteiger partial charge in [0.1, 0.15) is 0 Å².